The van der Waals surface area contributed by atoms with Crippen LogP contribution in [0.15, 0.2) is 18.2 Å². The maximum Gasteiger partial charge on any atom is 0.134 e. The maximum absolute atomic E-state index is 9.56. The number of unbranched alkanes of at least 4 members (excludes halogenated alkanes) is 1. The van der Waals surface area contributed by atoms with Crippen LogP contribution in [0.4, 0.5) is 0 Å². The lowest BCUT2D eigenvalue weighted by atomic mass is 9.98. The molecule has 0 saturated carbocycles. The van der Waals surface area contributed by atoms with Gasteiger partial charge in [0.1, 0.15) is 5.75 Å². The number of phenols is 1. The lowest BCUT2D eigenvalue weighted by Gasteiger charge is -2.35. The SMILES string of the molecule is CCCC[C@H](c1ccc(O)c(Cl)c1)N1CCNCC1. The summed E-state index contributed by atoms with van der Waals surface area (Å²) in [6.07, 6.45) is 3.57. The molecule has 2 N–H and O–H groups in total. The van der Waals surface area contributed by atoms with Crippen LogP contribution in [0.3, 0.4) is 0 Å². The lowest BCUT2D eigenvalue weighted by Crippen LogP contribution is -2.45. The molecule has 2 rings (SSSR count). The number of piperazine rings is 1. The van der Waals surface area contributed by atoms with Crippen molar-refractivity contribution in [2.45, 2.75) is 32.2 Å². The van der Waals surface area contributed by atoms with E-state index in [0.717, 1.165) is 32.6 Å². The predicted molar refractivity (Wildman–Crippen MR) is 79.8 cm³/mol. The van der Waals surface area contributed by atoms with Gasteiger partial charge in [-0.15, -0.1) is 0 Å². The van der Waals surface area contributed by atoms with Gasteiger partial charge in [0.15, 0.2) is 0 Å². The highest BCUT2D eigenvalue weighted by molar-refractivity contribution is 6.32. The number of aromatic hydroxyl groups is 1. The minimum atomic E-state index is 0.167. The fraction of sp³-hybridized carbons (Fsp3) is 0.600. The molecule has 0 spiro atoms. The number of halogens is 1. The van der Waals surface area contributed by atoms with Gasteiger partial charge in [-0.2, -0.15) is 0 Å². The Morgan fingerprint density at radius 3 is 2.74 bits per heavy atom. The van der Waals surface area contributed by atoms with E-state index in [-0.39, 0.29) is 5.75 Å². The van der Waals surface area contributed by atoms with Crippen molar-refractivity contribution in [2.24, 2.45) is 0 Å². The van der Waals surface area contributed by atoms with Gasteiger partial charge in [0.2, 0.25) is 0 Å². The van der Waals surface area contributed by atoms with Crippen molar-refractivity contribution in [1.29, 1.82) is 0 Å². The van der Waals surface area contributed by atoms with Crippen LogP contribution in [-0.2, 0) is 0 Å². The van der Waals surface area contributed by atoms with Gasteiger partial charge in [-0.05, 0) is 24.1 Å². The third-order valence-corrected chi connectivity index (χ3v) is 4.08. The molecule has 4 heteroatoms. The standard InChI is InChI=1S/C15H23ClN2O/c1-2-3-4-14(18-9-7-17-8-10-18)12-5-6-15(19)13(16)11-12/h5-6,11,14,17,19H,2-4,7-10H2,1H3/t14-/m1/s1. The van der Waals surface area contributed by atoms with Crippen LogP contribution in [0.1, 0.15) is 37.8 Å². The fourth-order valence-electron chi connectivity index (χ4n) is 2.68. The Kier molecular flexibility index (Phi) is 5.49. The van der Waals surface area contributed by atoms with Crippen LogP contribution in [0.25, 0.3) is 0 Å². The summed E-state index contributed by atoms with van der Waals surface area (Å²) in [5.74, 6) is 0.167. The molecule has 0 amide bonds. The molecular formula is C15H23ClN2O. The summed E-state index contributed by atoms with van der Waals surface area (Å²) >= 11 is 6.05. The van der Waals surface area contributed by atoms with Gasteiger partial charge in [-0.3, -0.25) is 4.90 Å². The molecule has 0 aromatic heterocycles. The molecule has 1 saturated heterocycles. The normalized spacial score (nSPS) is 18.4. The molecule has 0 radical (unpaired) electrons. The van der Waals surface area contributed by atoms with Crippen molar-refractivity contribution in [3.63, 3.8) is 0 Å². The summed E-state index contributed by atoms with van der Waals surface area (Å²) in [5, 5.41) is 13.4. The molecule has 106 valence electrons. The number of rotatable bonds is 5. The van der Waals surface area contributed by atoms with Crippen LogP contribution in [0, 0.1) is 0 Å². The van der Waals surface area contributed by atoms with Crippen molar-refractivity contribution >= 4 is 11.6 Å². The molecule has 1 aliphatic heterocycles. The quantitative estimate of drug-likeness (QED) is 0.871. The van der Waals surface area contributed by atoms with E-state index in [1.54, 1.807) is 6.07 Å². The first kappa shape index (κ1) is 14.6. The van der Waals surface area contributed by atoms with Crippen LogP contribution in [0.5, 0.6) is 5.75 Å². The molecule has 0 bridgehead atoms. The van der Waals surface area contributed by atoms with E-state index in [4.69, 9.17) is 11.6 Å². The monoisotopic (exact) mass is 282 g/mol. The van der Waals surface area contributed by atoms with Crippen molar-refractivity contribution in [3.05, 3.63) is 28.8 Å². The first-order chi connectivity index (χ1) is 9.22. The zero-order valence-corrected chi connectivity index (χ0v) is 12.3. The smallest absolute Gasteiger partial charge is 0.134 e. The highest BCUT2D eigenvalue weighted by Crippen LogP contribution is 2.32. The Morgan fingerprint density at radius 1 is 1.37 bits per heavy atom. The van der Waals surface area contributed by atoms with E-state index in [1.165, 1.54) is 18.4 Å². The van der Waals surface area contributed by atoms with E-state index in [1.807, 2.05) is 12.1 Å². The molecule has 1 aromatic carbocycles. The zero-order chi connectivity index (χ0) is 13.7. The third-order valence-electron chi connectivity index (χ3n) is 3.78. The summed E-state index contributed by atoms with van der Waals surface area (Å²) in [7, 11) is 0. The second-order valence-corrected chi connectivity index (χ2v) is 5.56. The fourth-order valence-corrected chi connectivity index (χ4v) is 2.87. The minimum Gasteiger partial charge on any atom is -0.506 e. The van der Waals surface area contributed by atoms with Crippen LogP contribution in [-0.4, -0.2) is 36.2 Å². The first-order valence-corrected chi connectivity index (χ1v) is 7.53. The van der Waals surface area contributed by atoms with Gasteiger partial charge in [-0.1, -0.05) is 37.4 Å². The van der Waals surface area contributed by atoms with Gasteiger partial charge in [0.05, 0.1) is 5.02 Å². The Balaban J connectivity index is 2.17. The lowest BCUT2D eigenvalue weighted by molar-refractivity contribution is 0.163. The van der Waals surface area contributed by atoms with Crippen molar-refractivity contribution in [3.8, 4) is 5.75 Å². The van der Waals surface area contributed by atoms with E-state index in [2.05, 4.69) is 17.1 Å². The average Bonchev–Trinajstić information content (AvgIpc) is 2.44. The second kappa shape index (κ2) is 7.13. The largest absolute Gasteiger partial charge is 0.506 e. The highest BCUT2D eigenvalue weighted by atomic mass is 35.5. The summed E-state index contributed by atoms with van der Waals surface area (Å²) in [6, 6.07) is 6.04. The molecule has 3 nitrogen and oxygen atoms in total. The summed E-state index contributed by atoms with van der Waals surface area (Å²) in [5.41, 5.74) is 1.22. The Morgan fingerprint density at radius 2 is 2.11 bits per heavy atom. The van der Waals surface area contributed by atoms with E-state index >= 15 is 0 Å². The van der Waals surface area contributed by atoms with Crippen LogP contribution in [0.2, 0.25) is 5.02 Å². The zero-order valence-electron chi connectivity index (χ0n) is 11.5. The number of hydrogen-bond donors (Lipinski definition) is 2. The van der Waals surface area contributed by atoms with Crippen molar-refractivity contribution in [2.75, 3.05) is 26.2 Å². The highest BCUT2D eigenvalue weighted by Gasteiger charge is 2.22. The molecular weight excluding hydrogens is 260 g/mol. The topological polar surface area (TPSA) is 35.5 Å². The van der Waals surface area contributed by atoms with Crippen LogP contribution >= 0.6 is 11.6 Å². The summed E-state index contributed by atoms with van der Waals surface area (Å²) in [6.45, 7) is 6.47. The molecule has 0 aliphatic carbocycles. The summed E-state index contributed by atoms with van der Waals surface area (Å²) in [4.78, 5) is 2.52. The third kappa shape index (κ3) is 3.85. The number of benzene rings is 1. The molecule has 19 heavy (non-hydrogen) atoms. The Labute approximate surface area is 120 Å². The average molecular weight is 283 g/mol. The molecule has 0 unspecified atom stereocenters. The van der Waals surface area contributed by atoms with E-state index < -0.39 is 0 Å². The predicted octanol–water partition coefficient (Wildman–Crippen LogP) is 3.18. The number of nitrogens with zero attached hydrogens (tertiary/aromatic N) is 1. The first-order valence-electron chi connectivity index (χ1n) is 7.15. The van der Waals surface area contributed by atoms with Gasteiger partial charge >= 0.3 is 0 Å². The summed E-state index contributed by atoms with van der Waals surface area (Å²) < 4.78 is 0. The number of phenolic OH excluding ortho intramolecular Hbond substituents is 1. The number of nitrogens with one attached hydrogen (secondary N) is 1. The van der Waals surface area contributed by atoms with Crippen molar-refractivity contribution < 1.29 is 5.11 Å². The molecule has 1 heterocycles. The van der Waals surface area contributed by atoms with E-state index in [0.29, 0.717) is 11.1 Å². The second-order valence-electron chi connectivity index (χ2n) is 5.15. The minimum absolute atomic E-state index is 0.167. The molecule has 1 atom stereocenters. The molecule has 1 aliphatic rings. The van der Waals surface area contributed by atoms with Crippen LogP contribution < -0.4 is 5.32 Å². The number of hydrogen-bond acceptors (Lipinski definition) is 3. The van der Waals surface area contributed by atoms with E-state index in [9.17, 15) is 5.11 Å². The Bertz CT molecular complexity index is 405. The van der Waals surface area contributed by atoms with Gasteiger partial charge in [0, 0.05) is 32.2 Å². The van der Waals surface area contributed by atoms with Gasteiger partial charge in [0.25, 0.3) is 0 Å². The maximum atomic E-state index is 9.56. The van der Waals surface area contributed by atoms with Gasteiger partial charge in [-0.25, -0.2) is 0 Å². The van der Waals surface area contributed by atoms with Crippen molar-refractivity contribution in [1.82, 2.24) is 10.2 Å². The molecule has 1 fully saturated rings. The van der Waals surface area contributed by atoms with Gasteiger partial charge < -0.3 is 10.4 Å². The Hall–Kier alpha value is -0.770. The molecule has 1 aromatic rings.